The molecule has 0 aliphatic heterocycles. The second kappa shape index (κ2) is 4.00. The molecule has 0 saturated heterocycles. The minimum Gasteiger partial charge on any atom is -0.120 e. The summed E-state index contributed by atoms with van der Waals surface area (Å²) >= 11 is 6.30. The highest BCUT2D eigenvalue weighted by Gasteiger charge is 2.35. The lowest BCUT2D eigenvalue weighted by molar-refractivity contribution is 0.173. The summed E-state index contributed by atoms with van der Waals surface area (Å²) in [6.07, 6.45) is 2.49. The maximum absolute atomic E-state index is 6.30. The van der Waals surface area contributed by atoms with Crippen LogP contribution in [0.2, 0.25) is 0 Å². The summed E-state index contributed by atoms with van der Waals surface area (Å²) in [4.78, 5) is -0.0847. The summed E-state index contributed by atoms with van der Waals surface area (Å²) in [5.74, 6) is 0.548. The van der Waals surface area contributed by atoms with Crippen LogP contribution in [0.3, 0.4) is 0 Å². The SMILES string of the molecule is CCCC(C)(C)C(C)C(C)(C)Cl. The molecule has 0 spiro atoms. The van der Waals surface area contributed by atoms with Crippen molar-refractivity contribution >= 4 is 11.6 Å². The van der Waals surface area contributed by atoms with Gasteiger partial charge in [-0.1, -0.05) is 34.1 Å². The van der Waals surface area contributed by atoms with Crippen LogP contribution < -0.4 is 0 Å². The Bertz CT molecular complexity index is 130. The molecule has 0 fully saturated rings. The van der Waals surface area contributed by atoms with Gasteiger partial charge in [-0.15, -0.1) is 11.6 Å². The van der Waals surface area contributed by atoms with E-state index in [1.54, 1.807) is 0 Å². The Hall–Kier alpha value is 0.290. The summed E-state index contributed by atoms with van der Waals surface area (Å²) < 4.78 is 0. The highest BCUT2D eigenvalue weighted by molar-refractivity contribution is 6.23. The average molecular weight is 191 g/mol. The molecule has 0 aromatic carbocycles. The highest BCUT2D eigenvalue weighted by Crippen LogP contribution is 2.41. The molecule has 0 saturated carbocycles. The van der Waals surface area contributed by atoms with E-state index in [4.69, 9.17) is 11.6 Å². The first-order valence-electron chi connectivity index (χ1n) is 4.90. The zero-order chi connectivity index (χ0) is 9.99. The number of halogens is 1. The van der Waals surface area contributed by atoms with E-state index < -0.39 is 0 Å². The van der Waals surface area contributed by atoms with Gasteiger partial charge in [0.1, 0.15) is 0 Å². The van der Waals surface area contributed by atoms with Gasteiger partial charge in [-0.05, 0) is 31.6 Å². The first-order valence-corrected chi connectivity index (χ1v) is 5.28. The fraction of sp³-hybridized carbons (Fsp3) is 1.00. The maximum Gasteiger partial charge on any atom is 0.0421 e. The van der Waals surface area contributed by atoms with Crippen LogP contribution in [0.1, 0.15) is 54.4 Å². The third kappa shape index (κ3) is 3.35. The van der Waals surface area contributed by atoms with Gasteiger partial charge in [-0.2, -0.15) is 0 Å². The van der Waals surface area contributed by atoms with E-state index in [0.29, 0.717) is 11.3 Å². The Morgan fingerprint density at radius 3 is 1.83 bits per heavy atom. The summed E-state index contributed by atoms with van der Waals surface area (Å²) in [6, 6.07) is 0. The first-order chi connectivity index (χ1) is 5.22. The predicted molar refractivity (Wildman–Crippen MR) is 57.8 cm³/mol. The molecule has 0 nitrogen and oxygen atoms in total. The fourth-order valence-corrected chi connectivity index (χ4v) is 2.09. The van der Waals surface area contributed by atoms with Crippen molar-refractivity contribution in [1.29, 1.82) is 0 Å². The monoisotopic (exact) mass is 190 g/mol. The summed E-state index contributed by atoms with van der Waals surface area (Å²) in [6.45, 7) is 13.3. The van der Waals surface area contributed by atoms with Crippen molar-refractivity contribution in [3.8, 4) is 0 Å². The molecule has 0 aliphatic carbocycles. The van der Waals surface area contributed by atoms with E-state index in [-0.39, 0.29) is 4.87 Å². The lowest BCUT2D eigenvalue weighted by atomic mass is 9.71. The minimum atomic E-state index is -0.0847. The molecular formula is C11H23Cl. The summed E-state index contributed by atoms with van der Waals surface area (Å²) in [5.41, 5.74) is 0.361. The molecule has 0 N–H and O–H groups in total. The smallest absolute Gasteiger partial charge is 0.0421 e. The largest absolute Gasteiger partial charge is 0.120 e. The van der Waals surface area contributed by atoms with E-state index in [2.05, 4.69) is 41.5 Å². The number of hydrogen-bond acceptors (Lipinski definition) is 0. The lowest BCUT2D eigenvalue weighted by Crippen LogP contribution is -2.35. The van der Waals surface area contributed by atoms with E-state index in [1.807, 2.05) is 0 Å². The van der Waals surface area contributed by atoms with Crippen molar-refractivity contribution < 1.29 is 0 Å². The van der Waals surface area contributed by atoms with Gasteiger partial charge in [0, 0.05) is 4.87 Å². The number of rotatable bonds is 4. The molecule has 0 heterocycles. The van der Waals surface area contributed by atoms with Gasteiger partial charge in [-0.25, -0.2) is 0 Å². The van der Waals surface area contributed by atoms with Crippen LogP contribution in [-0.2, 0) is 0 Å². The molecular weight excluding hydrogens is 168 g/mol. The molecule has 1 atom stereocenters. The van der Waals surface area contributed by atoms with Gasteiger partial charge < -0.3 is 0 Å². The minimum absolute atomic E-state index is 0.0847. The van der Waals surface area contributed by atoms with Crippen LogP contribution in [0.15, 0.2) is 0 Å². The van der Waals surface area contributed by atoms with Crippen LogP contribution in [0.25, 0.3) is 0 Å². The quantitative estimate of drug-likeness (QED) is 0.574. The molecule has 0 aliphatic rings. The van der Waals surface area contributed by atoms with Crippen LogP contribution in [0, 0.1) is 11.3 Å². The van der Waals surface area contributed by atoms with Gasteiger partial charge in [-0.3, -0.25) is 0 Å². The van der Waals surface area contributed by atoms with Crippen molar-refractivity contribution in [3.05, 3.63) is 0 Å². The van der Waals surface area contributed by atoms with Crippen molar-refractivity contribution in [1.82, 2.24) is 0 Å². The van der Waals surface area contributed by atoms with Crippen LogP contribution >= 0.6 is 11.6 Å². The number of alkyl halides is 1. The Balaban J connectivity index is 4.34. The van der Waals surface area contributed by atoms with Crippen LogP contribution in [0.5, 0.6) is 0 Å². The second-order valence-electron chi connectivity index (χ2n) is 5.02. The van der Waals surface area contributed by atoms with Crippen molar-refractivity contribution in [2.24, 2.45) is 11.3 Å². The Labute approximate surface area is 82.7 Å². The molecule has 0 aromatic heterocycles. The first kappa shape index (κ1) is 12.3. The van der Waals surface area contributed by atoms with Gasteiger partial charge in [0.25, 0.3) is 0 Å². The zero-order valence-corrected chi connectivity index (χ0v) is 10.1. The van der Waals surface area contributed by atoms with Gasteiger partial charge in [0.2, 0.25) is 0 Å². The topological polar surface area (TPSA) is 0 Å². The molecule has 0 aromatic rings. The second-order valence-corrected chi connectivity index (χ2v) is 6.00. The predicted octanol–water partition coefficient (Wildman–Crippen LogP) is 4.47. The maximum atomic E-state index is 6.30. The Morgan fingerprint density at radius 1 is 1.17 bits per heavy atom. The zero-order valence-electron chi connectivity index (χ0n) is 9.37. The third-order valence-corrected chi connectivity index (χ3v) is 3.42. The number of hydrogen-bond donors (Lipinski definition) is 0. The van der Waals surface area contributed by atoms with E-state index in [1.165, 1.54) is 12.8 Å². The Morgan fingerprint density at radius 2 is 1.58 bits per heavy atom. The summed E-state index contributed by atoms with van der Waals surface area (Å²) in [7, 11) is 0. The molecule has 12 heavy (non-hydrogen) atoms. The molecule has 0 amide bonds. The summed E-state index contributed by atoms with van der Waals surface area (Å²) in [5, 5.41) is 0. The van der Waals surface area contributed by atoms with Crippen LogP contribution in [0.4, 0.5) is 0 Å². The van der Waals surface area contributed by atoms with Gasteiger partial charge >= 0.3 is 0 Å². The fourth-order valence-electron chi connectivity index (χ4n) is 1.79. The van der Waals surface area contributed by atoms with Crippen LogP contribution in [-0.4, -0.2) is 4.87 Å². The van der Waals surface area contributed by atoms with Crippen molar-refractivity contribution in [2.45, 2.75) is 59.3 Å². The van der Waals surface area contributed by atoms with Gasteiger partial charge in [0.05, 0.1) is 0 Å². The van der Waals surface area contributed by atoms with E-state index >= 15 is 0 Å². The van der Waals surface area contributed by atoms with Gasteiger partial charge in [0.15, 0.2) is 0 Å². The molecule has 0 radical (unpaired) electrons. The normalized spacial score (nSPS) is 16.2. The Kier molecular flexibility index (Phi) is 4.10. The van der Waals surface area contributed by atoms with Crippen molar-refractivity contribution in [2.75, 3.05) is 0 Å². The standard InChI is InChI=1S/C11H23Cl/c1-7-8-10(3,4)9(2)11(5,6)12/h9H,7-8H2,1-6H3. The average Bonchev–Trinajstić information content (AvgIpc) is 1.84. The molecule has 74 valence electrons. The lowest BCUT2D eigenvalue weighted by Gasteiger charge is -2.39. The van der Waals surface area contributed by atoms with E-state index in [0.717, 1.165) is 0 Å². The molecule has 0 rings (SSSR count). The molecule has 1 heteroatoms. The van der Waals surface area contributed by atoms with Crippen molar-refractivity contribution in [3.63, 3.8) is 0 Å². The highest BCUT2D eigenvalue weighted by atomic mass is 35.5. The van der Waals surface area contributed by atoms with E-state index in [9.17, 15) is 0 Å². The molecule has 1 unspecified atom stereocenters. The third-order valence-electron chi connectivity index (χ3n) is 3.10. The molecule has 0 bridgehead atoms.